The van der Waals surface area contributed by atoms with E-state index >= 15 is 0 Å². The second-order valence-electron chi connectivity index (χ2n) is 11.2. The van der Waals surface area contributed by atoms with E-state index in [0.29, 0.717) is 45.2 Å². The van der Waals surface area contributed by atoms with E-state index in [0.717, 1.165) is 24.5 Å². The molecule has 236 valence electrons. The molecule has 3 amide bonds. The van der Waals surface area contributed by atoms with Gasteiger partial charge in [-0.05, 0) is 68.7 Å². The van der Waals surface area contributed by atoms with Crippen LogP contribution in [0.15, 0.2) is 41.3 Å². The predicted octanol–water partition coefficient (Wildman–Crippen LogP) is 3.03. The molecule has 4 N–H and O–H groups in total. The molecule has 0 saturated carbocycles. The molecule has 0 radical (unpaired) electrons. The lowest BCUT2D eigenvalue weighted by atomic mass is 9.82. The summed E-state index contributed by atoms with van der Waals surface area (Å²) in [5, 5.41) is 2.71. The number of aryl methyl sites for hydroxylation is 1. The van der Waals surface area contributed by atoms with Crippen molar-refractivity contribution in [3.05, 3.63) is 65.0 Å². The van der Waals surface area contributed by atoms with E-state index in [1.807, 2.05) is 11.8 Å². The van der Waals surface area contributed by atoms with Crippen molar-refractivity contribution < 1.29 is 40.5 Å². The predicted molar refractivity (Wildman–Crippen MR) is 151 cm³/mol. The van der Waals surface area contributed by atoms with Crippen LogP contribution in [0, 0.1) is 30.3 Å². The van der Waals surface area contributed by atoms with Crippen LogP contribution in [0.5, 0.6) is 0 Å². The van der Waals surface area contributed by atoms with E-state index in [-0.39, 0.29) is 53.4 Å². The van der Waals surface area contributed by atoms with Gasteiger partial charge in [0.2, 0.25) is 5.91 Å². The van der Waals surface area contributed by atoms with Gasteiger partial charge in [-0.1, -0.05) is 17.7 Å². The Bertz CT molecular complexity index is 1390. The number of carbonyl (C=O) groups excluding carboxylic acids is 2. The maximum Gasteiger partial charge on any atom is 0.317 e. The van der Waals surface area contributed by atoms with Crippen LogP contribution in [0.2, 0.25) is 0 Å². The number of ether oxygens (including phenoxy) is 1. The number of nitrogens with two attached hydrogens (primary N) is 1. The van der Waals surface area contributed by atoms with Gasteiger partial charge in [0.15, 0.2) is 11.6 Å². The normalized spacial score (nSPS) is 22.4. The van der Waals surface area contributed by atoms with Crippen molar-refractivity contribution in [2.75, 3.05) is 32.8 Å². The number of piperidine rings is 1. The van der Waals surface area contributed by atoms with Gasteiger partial charge in [-0.25, -0.2) is 18.0 Å². The van der Waals surface area contributed by atoms with Gasteiger partial charge in [-0.2, -0.15) is 8.42 Å². The Balaban J connectivity index is 0.000000324. The van der Waals surface area contributed by atoms with Crippen LogP contribution in [0.4, 0.5) is 18.0 Å². The number of hydrogen-bond donors (Lipinski definition) is 3. The minimum Gasteiger partial charge on any atom is -0.378 e. The monoisotopic (exact) mass is 626 g/mol. The minimum atomic E-state index is -4.02. The molecule has 10 nitrogen and oxygen atoms in total. The van der Waals surface area contributed by atoms with Gasteiger partial charge >= 0.3 is 6.03 Å². The third-order valence-electron chi connectivity index (χ3n) is 8.22. The Hall–Kier alpha value is -3.20. The summed E-state index contributed by atoms with van der Waals surface area (Å²) in [4.78, 5) is 28.5. The second-order valence-corrected chi connectivity index (χ2v) is 12.6. The van der Waals surface area contributed by atoms with E-state index in [1.165, 1.54) is 12.1 Å². The molecule has 3 aliphatic rings. The van der Waals surface area contributed by atoms with Gasteiger partial charge in [0, 0.05) is 37.3 Å². The van der Waals surface area contributed by atoms with E-state index in [2.05, 4.69) is 5.32 Å². The first-order chi connectivity index (χ1) is 20.3. The number of urea groups is 1. The highest BCUT2D eigenvalue weighted by atomic mass is 32.2. The number of fused-ring (bicyclic) bond motifs is 2. The third-order valence-corrected chi connectivity index (χ3v) is 9.08. The standard InChI is InChI=1S/C22H29F3N4O3.C7H8O3S/c23-17-11-19(25)18(24)9-13(17)10-20(26)14-7-15-1-2-16(8-14)29(15)21(30)12-27-22(31)28-3-5-32-6-4-28;1-6-2-4-7(5-3-6)11(8,9)10/h9,11,14-16,20H,1-8,10,12,26H2,(H,27,31);2-5H,1H3,(H,8,9,10)/t14?,15?,16?,20-;/m1./s1. The molecule has 3 fully saturated rings. The fourth-order valence-corrected chi connectivity index (χ4v) is 6.43. The molecule has 2 unspecified atom stereocenters. The molecule has 3 saturated heterocycles. The molecular formula is C29H37F3N4O6S. The van der Waals surface area contributed by atoms with Crippen molar-refractivity contribution in [1.82, 2.24) is 15.1 Å². The van der Waals surface area contributed by atoms with Crippen LogP contribution < -0.4 is 11.1 Å². The molecule has 0 aliphatic carbocycles. The lowest BCUT2D eigenvalue weighted by Crippen LogP contribution is -2.54. The van der Waals surface area contributed by atoms with Crippen molar-refractivity contribution in [1.29, 1.82) is 0 Å². The van der Waals surface area contributed by atoms with E-state index in [9.17, 15) is 31.2 Å². The number of carbonyl (C=O) groups is 2. The third kappa shape index (κ3) is 8.46. The lowest BCUT2D eigenvalue weighted by molar-refractivity contribution is -0.135. The molecule has 0 aromatic heterocycles. The summed E-state index contributed by atoms with van der Waals surface area (Å²) >= 11 is 0. The highest BCUT2D eigenvalue weighted by Gasteiger charge is 2.44. The number of benzene rings is 2. The van der Waals surface area contributed by atoms with Crippen LogP contribution in [-0.4, -0.2) is 85.7 Å². The smallest absolute Gasteiger partial charge is 0.317 e. The van der Waals surface area contributed by atoms with Crippen LogP contribution in [0.3, 0.4) is 0 Å². The second kappa shape index (κ2) is 14.1. The first kappa shape index (κ1) is 32.7. The van der Waals surface area contributed by atoms with Crippen LogP contribution in [0.25, 0.3) is 0 Å². The average Bonchev–Trinajstić information content (AvgIpc) is 3.23. The Morgan fingerprint density at radius 3 is 2.19 bits per heavy atom. The molecule has 2 bridgehead atoms. The summed E-state index contributed by atoms with van der Waals surface area (Å²) in [6, 6.07) is 6.76. The summed E-state index contributed by atoms with van der Waals surface area (Å²) in [6.45, 7) is 3.79. The average molecular weight is 627 g/mol. The quantitative estimate of drug-likeness (QED) is 0.331. The Morgan fingerprint density at radius 1 is 1.02 bits per heavy atom. The highest BCUT2D eigenvalue weighted by molar-refractivity contribution is 7.85. The summed E-state index contributed by atoms with van der Waals surface area (Å²) < 4.78 is 75.5. The maximum absolute atomic E-state index is 14.0. The number of hydrogen-bond acceptors (Lipinski definition) is 6. The van der Waals surface area contributed by atoms with Crippen LogP contribution in [-0.2, 0) is 26.1 Å². The molecule has 3 heterocycles. The molecule has 3 atom stereocenters. The molecule has 14 heteroatoms. The largest absolute Gasteiger partial charge is 0.378 e. The molecule has 5 rings (SSSR count). The van der Waals surface area contributed by atoms with Crippen molar-refractivity contribution in [3.63, 3.8) is 0 Å². The SMILES string of the molecule is Cc1ccc(S(=O)(=O)O)cc1.N[C@H](Cc1cc(F)c(F)cc1F)C1CC2CCC(C1)N2C(=O)CNC(=O)N1CCOCC1. The number of nitrogens with one attached hydrogen (secondary N) is 1. The zero-order chi connectivity index (χ0) is 31.3. The van der Waals surface area contributed by atoms with Crippen LogP contribution >= 0.6 is 0 Å². The summed E-state index contributed by atoms with van der Waals surface area (Å²) in [7, 11) is -4.02. The van der Waals surface area contributed by atoms with Crippen molar-refractivity contribution in [2.45, 2.75) is 62.0 Å². The number of nitrogens with zero attached hydrogens (tertiary/aromatic N) is 2. The van der Waals surface area contributed by atoms with Crippen molar-refractivity contribution in [3.8, 4) is 0 Å². The van der Waals surface area contributed by atoms with E-state index < -0.39 is 33.6 Å². The Labute approximate surface area is 249 Å². The number of amides is 3. The topological polar surface area (TPSA) is 142 Å². The lowest BCUT2D eigenvalue weighted by Gasteiger charge is -2.41. The van der Waals surface area contributed by atoms with Gasteiger partial charge in [-0.15, -0.1) is 0 Å². The van der Waals surface area contributed by atoms with E-state index in [1.54, 1.807) is 17.0 Å². The van der Waals surface area contributed by atoms with E-state index in [4.69, 9.17) is 15.0 Å². The molecule has 0 spiro atoms. The van der Waals surface area contributed by atoms with Gasteiger partial charge in [0.1, 0.15) is 5.82 Å². The molecule has 3 aliphatic heterocycles. The van der Waals surface area contributed by atoms with Gasteiger partial charge in [-0.3, -0.25) is 9.35 Å². The Morgan fingerprint density at radius 2 is 1.60 bits per heavy atom. The zero-order valence-electron chi connectivity index (χ0n) is 23.8. The Kier molecular flexibility index (Phi) is 10.7. The molecule has 2 aromatic carbocycles. The summed E-state index contributed by atoms with van der Waals surface area (Å²) in [6.07, 6.45) is 3.17. The number of rotatable bonds is 6. The maximum atomic E-state index is 14.0. The fourth-order valence-electron chi connectivity index (χ4n) is 5.95. The van der Waals surface area contributed by atoms with Crippen molar-refractivity contribution in [2.24, 2.45) is 11.7 Å². The first-order valence-corrected chi connectivity index (χ1v) is 15.6. The number of morpholine rings is 1. The first-order valence-electron chi connectivity index (χ1n) is 14.2. The van der Waals surface area contributed by atoms with Gasteiger partial charge in [0.25, 0.3) is 10.1 Å². The minimum absolute atomic E-state index is 0.0207. The summed E-state index contributed by atoms with van der Waals surface area (Å²) in [5.41, 5.74) is 7.35. The molecule has 43 heavy (non-hydrogen) atoms. The van der Waals surface area contributed by atoms with Gasteiger partial charge in [0.05, 0.1) is 24.7 Å². The zero-order valence-corrected chi connectivity index (χ0v) is 24.7. The molecule has 2 aromatic rings. The summed E-state index contributed by atoms with van der Waals surface area (Å²) in [5.74, 6) is -3.17. The van der Waals surface area contributed by atoms with Gasteiger partial charge < -0.3 is 25.6 Å². The number of halogens is 3. The van der Waals surface area contributed by atoms with Crippen LogP contribution in [0.1, 0.15) is 36.8 Å². The molecular weight excluding hydrogens is 589 g/mol. The van der Waals surface area contributed by atoms with Crippen molar-refractivity contribution >= 4 is 22.1 Å². The highest BCUT2D eigenvalue weighted by Crippen LogP contribution is 2.40. The fraction of sp³-hybridized carbons (Fsp3) is 0.517.